The van der Waals surface area contributed by atoms with Crippen molar-refractivity contribution >= 4 is 35.1 Å². The van der Waals surface area contributed by atoms with E-state index >= 15 is 0 Å². The maximum Gasteiger partial charge on any atom is 0.339 e. The van der Waals surface area contributed by atoms with Crippen molar-refractivity contribution in [2.75, 3.05) is 11.9 Å². The Hall–Kier alpha value is -1.93. The molecule has 116 valence electrons. The normalized spacial score (nSPS) is 13.4. The molecule has 0 aliphatic carbocycles. The van der Waals surface area contributed by atoms with Gasteiger partial charge in [0, 0.05) is 16.9 Å². The number of thiazole rings is 1. The number of rotatable bonds is 7. The van der Waals surface area contributed by atoms with E-state index in [-0.39, 0.29) is 13.0 Å². The second-order valence-corrected chi connectivity index (χ2v) is 6.65. The minimum absolute atomic E-state index is 0.0335. The van der Waals surface area contributed by atoms with Crippen LogP contribution in [0.15, 0.2) is 35.5 Å². The summed E-state index contributed by atoms with van der Waals surface area (Å²) in [6.07, 6.45) is -0.0335. The van der Waals surface area contributed by atoms with Crippen LogP contribution in [0.3, 0.4) is 0 Å². The third-order valence-corrected chi connectivity index (χ3v) is 4.49. The molecule has 0 saturated carbocycles. The highest BCUT2D eigenvalue weighted by atomic mass is 32.1. The Kier molecular flexibility index (Phi) is 5.15. The van der Waals surface area contributed by atoms with E-state index in [1.165, 1.54) is 11.3 Å². The van der Waals surface area contributed by atoms with Gasteiger partial charge in [0.2, 0.25) is 0 Å². The lowest BCUT2D eigenvalue weighted by atomic mass is 10.1. The van der Waals surface area contributed by atoms with Crippen LogP contribution in [-0.4, -0.2) is 27.5 Å². The zero-order chi connectivity index (χ0) is 16.2. The first-order valence-electron chi connectivity index (χ1n) is 6.52. The number of nitrogens with one attached hydrogen (secondary N) is 1. The number of aromatic nitrogens is 1. The van der Waals surface area contributed by atoms with Crippen molar-refractivity contribution in [1.29, 1.82) is 0 Å². The molecule has 22 heavy (non-hydrogen) atoms. The summed E-state index contributed by atoms with van der Waals surface area (Å²) in [5.41, 5.74) is 1.75. The van der Waals surface area contributed by atoms with Gasteiger partial charge in [-0.1, -0.05) is 35.5 Å². The van der Waals surface area contributed by atoms with Crippen LogP contribution >= 0.6 is 24.0 Å². The van der Waals surface area contributed by atoms with Crippen molar-refractivity contribution in [2.24, 2.45) is 5.18 Å². The fourth-order valence-electron chi connectivity index (χ4n) is 1.92. The number of aliphatic carboxylic acids is 1. The van der Waals surface area contributed by atoms with Gasteiger partial charge in [-0.15, -0.1) is 24.0 Å². The molecule has 2 aromatic rings. The smallest absolute Gasteiger partial charge is 0.339 e. The van der Waals surface area contributed by atoms with Gasteiger partial charge in [0.05, 0.1) is 12.2 Å². The van der Waals surface area contributed by atoms with Gasteiger partial charge in [0.25, 0.3) is 0 Å². The number of nitroso groups, excluding NO2 is 1. The first-order chi connectivity index (χ1) is 10.5. The zero-order valence-corrected chi connectivity index (χ0v) is 13.5. The number of hydrogen-bond donors (Lipinski definition) is 3. The van der Waals surface area contributed by atoms with E-state index in [1.54, 1.807) is 0 Å². The molecule has 0 saturated heterocycles. The summed E-state index contributed by atoms with van der Waals surface area (Å²) in [7, 11) is 0. The molecule has 1 atom stereocenters. The Morgan fingerprint density at radius 2 is 2.14 bits per heavy atom. The van der Waals surface area contributed by atoms with Gasteiger partial charge in [0.1, 0.15) is 0 Å². The molecule has 1 heterocycles. The molecule has 0 aliphatic rings. The summed E-state index contributed by atoms with van der Waals surface area (Å²) in [5.74, 6) is -1.17. The number of hydrogen-bond acceptors (Lipinski definition) is 7. The van der Waals surface area contributed by atoms with E-state index in [4.69, 9.17) is 0 Å². The summed E-state index contributed by atoms with van der Waals surface area (Å²) in [5, 5.41) is 15.2. The molecule has 0 bridgehead atoms. The van der Waals surface area contributed by atoms with Crippen molar-refractivity contribution in [2.45, 2.75) is 18.2 Å². The third kappa shape index (κ3) is 3.63. The van der Waals surface area contributed by atoms with Crippen LogP contribution in [0.4, 0.5) is 5.13 Å². The Bertz CT molecular complexity index is 675. The topological polar surface area (TPSA) is 91.7 Å². The zero-order valence-electron chi connectivity index (χ0n) is 11.8. The number of carboxylic acids is 1. The molecule has 0 aliphatic heterocycles. The molecule has 0 radical (unpaired) electrons. The molecule has 2 rings (SSSR count). The molecule has 6 nitrogen and oxygen atoms in total. The van der Waals surface area contributed by atoms with Crippen LogP contribution in [0.2, 0.25) is 0 Å². The average Bonchev–Trinajstić information content (AvgIpc) is 2.86. The van der Waals surface area contributed by atoms with Crippen LogP contribution < -0.4 is 5.32 Å². The number of aryl methyl sites for hydroxylation is 1. The Labute approximate surface area is 137 Å². The van der Waals surface area contributed by atoms with Crippen LogP contribution in [0.5, 0.6) is 0 Å². The molecule has 2 N–H and O–H groups in total. The predicted molar refractivity (Wildman–Crippen MR) is 90.5 cm³/mol. The molecular weight excluding hydrogens is 322 g/mol. The van der Waals surface area contributed by atoms with Gasteiger partial charge < -0.3 is 10.4 Å². The van der Waals surface area contributed by atoms with Crippen molar-refractivity contribution < 1.29 is 9.90 Å². The third-order valence-electron chi connectivity index (χ3n) is 3.08. The lowest BCUT2D eigenvalue weighted by Gasteiger charge is -2.23. The van der Waals surface area contributed by atoms with Crippen LogP contribution in [0, 0.1) is 11.8 Å². The van der Waals surface area contributed by atoms with Gasteiger partial charge in [-0.3, -0.25) is 0 Å². The maximum atomic E-state index is 11.4. The Morgan fingerprint density at radius 3 is 2.73 bits per heavy atom. The number of carboxylic acid groups (broad SMARTS) is 1. The summed E-state index contributed by atoms with van der Waals surface area (Å²) >= 11 is 5.49. The van der Waals surface area contributed by atoms with E-state index < -0.39 is 10.8 Å². The number of nitrogens with zero attached hydrogens (tertiary/aromatic N) is 2. The summed E-state index contributed by atoms with van der Waals surface area (Å²) in [6, 6.07) is 9.62. The maximum absolute atomic E-state index is 11.4. The van der Waals surface area contributed by atoms with Gasteiger partial charge in [-0.25, -0.2) is 9.78 Å². The quantitative estimate of drug-likeness (QED) is 0.409. The van der Waals surface area contributed by atoms with Gasteiger partial charge in [-0.2, -0.15) is 4.91 Å². The summed E-state index contributed by atoms with van der Waals surface area (Å²) in [4.78, 5) is 25.5. The minimum Gasteiger partial charge on any atom is -0.479 e. The highest BCUT2D eigenvalue weighted by Gasteiger charge is 2.35. The Morgan fingerprint density at radius 1 is 1.45 bits per heavy atom. The molecule has 1 unspecified atom stereocenters. The summed E-state index contributed by atoms with van der Waals surface area (Å²) < 4.78 is 0. The minimum atomic E-state index is -1.58. The summed E-state index contributed by atoms with van der Waals surface area (Å²) in [6.45, 7) is 1.78. The number of anilines is 1. The van der Waals surface area contributed by atoms with E-state index in [2.05, 4.69) is 28.1 Å². The predicted octanol–water partition coefficient (Wildman–Crippen LogP) is 3.40. The van der Waals surface area contributed by atoms with Gasteiger partial charge >= 0.3 is 5.97 Å². The standard InChI is InChI=1S/C14H15N3O3S2/c1-9-11(10-5-3-2-4-6-10)16-13(22-9)17-14(21,12(18)19)7-8-15-20/h2-6,21H,7-8H2,1H3,(H,16,17)(H,18,19). The molecular formula is C14H15N3O3S2. The first-order valence-corrected chi connectivity index (χ1v) is 7.78. The van der Waals surface area contributed by atoms with Crippen LogP contribution in [0.1, 0.15) is 11.3 Å². The monoisotopic (exact) mass is 337 g/mol. The van der Waals surface area contributed by atoms with E-state index in [0.717, 1.165) is 16.1 Å². The molecule has 0 amide bonds. The fourth-order valence-corrected chi connectivity index (χ4v) is 3.11. The molecule has 0 fully saturated rings. The number of benzene rings is 1. The van der Waals surface area contributed by atoms with Crippen molar-refractivity contribution in [1.82, 2.24) is 4.98 Å². The lowest BCUT2D eigenvalue weighted by Crippen LogP contribution is -2.41. The fraction of sp³-hybridized carbons (Fsp3) is 0.286. The second kappa shape index (κ2) is 6.89. The average molecular weight is 337 g/mol. The van der Waals surface area contributed by atoms with Crippen LogP contribution in [0.25, 0.3) is 11.3 Å². The first kappa shape index (κ1) is 16.4. The largest absolute Gasteiger partial charge is 0.479 e. The van der Waals surface area contributed by atoms with Gasteiger partial charge in [0.15, 0.2) is 10.0 Å². The van der Waals surface area contributed by atoms with Crippen molar-refractivity contribution in [3.05, 3.63) is 40.1 Å². The van der Waals surface area contributed by atoms with E-state index in [1.807, 2.05) is 37.3 Å². The lowest BCUT2D eigenvalue weighted by molar-refractivity contribution is -0.139. The molecule has 0 spiro atoms. The SMILES string of the molecule is Cc1sc(NC(S)(CCN=O)C(=O)O)nc1-c1ccccc1. The molecule has 8 heteroatoms. The molecule has 1 aromatic heterocycles. The second-order valence-electron chi connectivity index (χ2n) is 4.68. The van der Waals surface area contributed by atoms with Gasteiger partial charge in [-0.05, 0) is 6.92 Å². The molecule has 1 aromatic carbocycles. The Balaban J connectivity index is 2.26. The van der Waals surface area contributed by atoms with E-state index in [0.29, 0.717) is 5.13 Å². The highest BCUT2D eigenvalue weighted by molar-refractivity contribution is 7.82. The van der Waals surface area contributed by atoms with E-state index in [9.17, 15) is 14.8 Å². The van der Waals surface area contributed by atoms with Crippen molar-refractivity contribution in [3.8, 4) is 11.3 Å². The van der Waals surface area contributed by atoms with Crippen LogP contribution in [-0.2, 0) is 4.79 Å². The number of carbonyl (C=O) groups is 1. The van der Waals surface area contributed by atoms with Crippen molar-refractivity contribution in [3.63, 3.8) is 0 Å². The highest BCUT2D eigenvalue weighted by Crippen LogP contribution is 2.33. The number of thiol groups is 1.